The minimum Gasteiger partial charge on any atom is -0.508 e. The van der Waals surface area contributed by atoms with Gasteiger partial charge in [-0.3, -0.25) is 0 Å². The number of ether oxygens (including phenoxy) is 5. The Morgan fingerprint density at radius 1 is 0.185 bits per heavy atom. The van der Waals surface area contributed by atoms with Crippen molar-refractivity contribution in [2.75, 3.05) is 148 Å². The zero-order chi connectivity index (χ0) is 104. The van der Waals surface area contributed by atoms with Crippen molar-refractivity contribution in [1.82, 2.24) is 24.5 Å². The van der Waals surface area contributed by atoms with Gasteiger partial charge in [-0.2, -0.15) is 0 Å². The summed E-state index contributed by atoms with van der Waals surface area (Å²) < 4.78 is 29.3. The third-order valence-corrected chi connectivity index (χ3v) is 24.7. The highest BCUT2D eigenvalue weighted by molar-refractivity contribution is 6.19. The molecule has 14 nitrogen and oxygen atoms in total. The molecule has 0 aliphatic heterocycles. The van der Waals surface area contributed by atoms with Crippen molar-refractivity contribution in [3.63, 3.8) is 0 Å². The van der Waals surface area contributed by atoms with Crippen LogP contribution < -0.4 is 23.7 Å². The van der Waals surface area contributed by atoms with Crippen LogP contribution in [0, 0.1) is 0 Å². The number of benzene rings is 15. The fourth-order valence-electron chi connectivity index (χ4n) is 16.8. The van der Waals surface area contributed by atoms with Crippen molar-refractivity contribution in [2.24, 2.45) is 0 Å². The fourth-order valence-corrected chi connectivity index (χ4v) is 17.2. The third kappa shape index (κ3) is 35.5. The molecule has 15 aromatic rings. The van der Waals surface area contributed by atoms with E-state index in [1.54, 1.807) is 48.5 Å². The first kappa shape index (κ1) is 112. The molecule has 0 saturated heterocycles. The van der Waals surface area contributed by atoms with Crippen molar-refractivity contribution in [3.05, 3.63) is 484 Å². The van der Waals surface area contributed by atoms with E-state index >= 15 is 0 Å². The Labute approximate surface area is 878 Å². The maximum Gasteiger partial charge on any atom is 0.119 e. The maximum absolute atomic E-state index is 9.77. The van der Waals surface area contributed by atoms with Gasteiger partial charge in [0.1, 0.15) is 84.8 Å². The number of likely N-dealkylation sites (N-methyl/N-ethyl adjacent to an activating group) is 5. The summed E-state index contributed by atoms with van der Waals surface area (Å²) in [4.78, 5) is 10.5. The number of rotatable bonds is 42. The molecule has 0 aliphatic carbocycles. The number of halogens is 2. The Morgan fingerprint density at radius 3 is 0.486 bits per heavy atom. The molecular formula is C130H143Cl2N5O9. The Bertz CT molecular complexity index is 6490. The number of alkyl halides is 2. The lowest BCUT2D eigenvalue weighted by molar-refractivity contribution is 0.261. The van der Waals surface area contributed by atoms with Gasteiger partial charge < -0.3 is 68.6 Å². The predicted molar refractivity (Wildman–Crippen MR) is 615 cm³/mol. The molecule has 0 saturated carbocycles. The van der Waals surface area contributed by atoms with E-state index in [-0.39, 0.29) is 23.0 Å². The molecule has 4 N–H and O–H groups in total. The van der Waals surface area contributed by atoms with Gasteiger partial charge in [-0.25, -0.2) is 0 Å². The van der Waals surface area contributed by atoms with E-state index in [2.05, 4.69) is 290 Å². The van der Waals surface area contributed by atoms with Gasteiger partial charge in [0.25, 0.3) is 0 Å². The van der Waals surface area contributed by atoms with E-state index in [1.165, 1.54) is 83.5 Å². The summed E-state index contributed by atoms with van der Waals surface area (Å²) >= 11 is 12.4. The average molecular weight is 1990 g/mol. The summed E-state index contributed by atoms with van der Waals surface area (Å²) in [5.74, 6) is 6.49. The third-order valence-electron chi connectivity index (χ3n) is 24.3. The van der Waals surface area contributed by atoms with Gasteiger partial charge in [0.05, 0.1) is 0 Å². The molecule has 0 radical (unpaired) electrons. The highest BCUT2D eigenvalue weighted by Crippen LogP contribution is 2.43. The lowest BCUT2D eigenvalue weighted by Crippen LogP contribution is -2.19. The van der Waals surface area contributed by atoms with Crippen LogP contribution >= 0.6 is 23.2 Å². The van der Waals surface area contributed by atoms with Crippen molar-refractivity contribution in [3.8, 4) is 51.7 Å². The van der Waals surface area contributed by atoms with Crippen molar-refractivity contribution in [2.45, 2.75) is 52.9 Å². The summed E-state index contributed by atoms with van der Waals surface area (Å²) in [7, 11) is 20.4. The second kappa shape index (κ2) is 60.4. The molecule has 15 rings (SSSR count). The van der Waals surface area contributed by atoms with Gasteiger partial charge in [0, 0.05) is 44.5 Å². The van der Waals surface area contributed by atoms with Crippen molar-refractivity contribution in [1.29, 1.82) is 0 Å². The minimum absolute atomic E-state index is 0.241. The van der Waals surface area contributed by atoms with Gasteiger partial charge in [-0.05, 0) is 351 Å². The monoisotopic (exact) mass is 1990 g/mol. The summed E-state index contributed by atoms with van der Waals surface area (Å²) in [6.07, 6.45) is 4.23. The summed E-state index contributed by atoms with van der Waals surface area (Å²) in [5.41, 5.74) is 29.3. The molecule has 0 atom stereocenters. The van der Waals surface area contributed by atoms with Gasteiger partial charge in [-0.15, -0.1) is 23.2 Å². The first-order valence-electron chi connectivity index (χ1n) is 50.2. The standard InChI is InChI=1S/C26H28ClNO2.C26H28ClNO.C26H29NO3.C26H29NO2.C26H29NO/c1-28(2)18-19-30-24-14-10-22(11-15-24)26(21-8-12-23(29)13-9-21)25(16-17-27)20-6-4-3-5-7-20;1-28(2)19-20-29-24-15-13-23(14-16-24)26(22-11-7-4-8-12-22)25(17-18-27)21-9-5-3-6-10-21;1-4-25(19-5-11-22(28)12-6-19)26(20-7-13-23(29)14-8-20)21-9-15-24(16-10-21)30-18-17-27(2)3;1-4-25(20-8-6-5-7-9-20)26(21-10-14-23(28)15-11-21)22-12-16-24(17-13-22)29-19-18-27(2)3;1-4-25(21-11-7-5-8-12-21)26(22-13-9-6-10-14-22)23-15-17-24(18-16-23)28-20-19-27(2)3/h3-15,29H,16-19H2,1-2H3;3-16H,17-20H2,1-2H3;5-16,28-29H,4,17-18H2,1-3H3;5-17,28H,4,18-19H2,1-3H3;5-18H,4,19-20H2,1-3H3/b5*26-25-. The van der Waals surface area contributed by atoms with Crippen LogP contribution in [-0.4, -0.2) is 193 Å². The van der Waals surface area contributed by atoms with Crippen LogP contribution in [-0.2, 0) is 0 Å². The predicted octanol–water partition coefficient (Wildman–Crippen LogP) is 29.2. The summed E-state index contributed by atoms with van der Waals surface area (Å²) in [6.45, 7) is 14.3. The van der Waals surface area contributed by atoms with E-state index in [1.807, 2.05) is 178 Å². The highest BCUT2D eigenvalue weighted by Gasteiger charge is 2.22. The van der Waals surface area contributed by atoms with Crippen LogP contribution in [0.3, 0.4) is 0 Å². The number of phenolic OH excluding ortho intramolecular Hbond substituents is 4. The van der Waals surface area contributed by atoms with Gasteiger partial charge >= 0.3 is 0 Å². The lowest BCUT2D eigenvalue weighted by Gasteiger charge is -2.17. The van der Waals surface area contributed by atoms with Gasteiger partial charge in [0.15, 0.2) is 0 Å². The Hall–Kier alpha value is -14.4. The molecule has 16 heteroatoms. The smallest absolute Gasteiger partial charge is 0.119 e. The largest absolute Gasteiger partial charge is 0.508 e. The molecule has 146 heavy (non-hydrogen) atoms. The van der Waals surface area contributed by atoms with Crippen molar-refractivity contribution >= 4 is 78.9 Å². The van der Waals surface area contributed by atoms with Crippen LogP contribution in [0.4, 0.5) is 0 Å². The number of phenols is 4. The molecule has 0 aromatic heterocycles. The summed E-state index contributed by atoms with van der Waals surface area (Å²) in [5, 5.41) is 38.9. The molecule has 0 unspecified atom stereocenters. The highest BCUT2D eigenvalue weighted by atomic mass is 35.5. The molecule has 0 bridgehead atoms. The number of allylic oxidation sites excluding steroid dienone is 5. The van der Waals surface area contributed by atoms with Crippen LogP contribution in [0.5, 0.6) is 51.7 Å². The molecule has 0 amide bonds. The quantitative estimate of drug-likeness (QED) is 0.0213. The van der Waals surface area contributed by atoms with Gasteiger partial charge in [0.2, 0.25) is 0 Å². The zero-order valence-corrected chi connectivity index (χ0v) is 88.5. The SMILES string of the molecule is CC/C(=C(\c1ccc(O)cc1)c1ccc(OCCN(C)C)cc1)c1ccc(O)cc1.CC/C(=C(\c1ccc(O)cc1)c1ccc(OCCN(C)C)cc1)c1ccccc1.CC/C(=C(\c1ccccc1)c1ccc(OCCN(C)C)cc1)c1ccccc1.CN(C)CCOc1ccc(/C(=C(/CCCl)c2ccccc2)c2ccc(O)cc2)cc1.CN(C)CCOc1ccc(/C(=C(/CCCl)c2ccccc2)c2ccccc2)cc1. The first-order valence-corrected chi connectivity index (χ1v) is 51.3. The molecule has 756 valence electrons. The Morgan fingerprint density at radius 2 is 0.322 bits per heavy atom. The van der Waals surface area contributed by atoms with Crippen molar-refractivity contribution < 1.29 is 44.1 Å². The minimum atomic E-state index is 0.241. The van der Waals surface area contributed by atoms with Crippen LogP contribution in [0.1, 0.15) is 136 Å². The second-order valence-corrected chi connectivity index (χ2v) is 37.2. The number of hydrogen-bond acceptors (Lipinski definition) is 14. The average Bonchev–Trinajstić information content (AvgIpc) is 0.805. The topological polar surface area (TPSA) is 143 Å². The van der Waals surface area contributed by atoms with Crippen LogP contribution in [0.15, 0.2) is 400 Å². The fraction of sp³-hybridized carbons (Fsp3) is 0.231. The zero-order valence-electron chi connectivity index (χ0n) is 86.9. The van der Waals surface area contributed by atoms with E-state index in [4.69, 9.17) is 46.9 Å². The van der Waals surface area contributed by atoms with Gasteiger partial charge in [-0.1, -0.05) is 312 Å². The molecule has 15 aromatic carbocycles. The number of aromatic hydroxyl groups is 4. The Balaban J connectivity index is 0.000000174. The van der Waals surface area contributed by atoms with E-state index in [0.717, 1.165) is 149 Å². The van der Waals surface area contributed by atoms with E-state index < -0.39 is 0 Å². The Kier molecular flexibility index (Phi) is 46.3. The molecule has 0 heterocycles. The maximum atomic E-state index is 9.77. The molecule has 0 aliphatic rings. The number of hydrogen-bond donors (Lipinski definition) is 4. The summed E-state index contributed by atoms with van der Waals surface area (Å²) in [6, 6.07) is 134. The molecule has 0 spiro atoms. The van der Waals surface area contributed by atoms with E-state index in [9.17, 15) is 20.4 Å². The first-order chi connectivity index (χ1) is 71.0. The molecule has 0 fully saturated rings. The lowest BCUT2D eigenvalue weighted by atomic mass is 9.88. The van der Waals surface area contributed by atoms with E-state index in [0.29, 0.717) is 44.8 Å². The second-order valence-electron chi connectivity index (χ2n) is 36.5. The van der Waals surface area contributed by atoms with Crippen LogP contribution in [0.2, 0.25) is 0 Å². The van der Waals surface area contributed by atoms with Crippen LogP contribution in [0.25, 0.3) is 55.7 Å². The normalized spacial score (nSPS) is 12.0. The molecular weight excluding hydrogens is 1850 g/mol. The number of nitrogens with zero attached hydrogens (tertiary/aromatic N) is 5.